The molecule has 0 N–H and O–H groups in total. The SMILES string of the molecule is CCCCn1ncc(C#N)c1F. The Balaban J connectivity index is 2.75. The molecule has 0 amide bonds. The summed E-state index contributed by atoms with van der Waals surface area (Å²) in [5.74, 6) is -0.522. The number of nitriles is 1. The van der Waals surface area contributed by atoms with Crippen molar-refractivity contribution in [3.05, 3.63) is 17.7 Å². The van der Waals surface area contributed by atoms with E-state index in [2.05, 4.69) is 5.10 Å². The van der Waals surface area contributed by atoms with Crippen LogP contribution in [0.3, 0.4) is 0 Å². The van der Waals surface area contributed by atoms with Crippen LogP contribution >= 0.6 is 0 Å². The molecule has 12 heavy (non-hydrogen) atoms. The first-order valence-corrected chi connectivity index (χ1v) is 3.91. The largest absolute Gasteiger partial charge is 0.238 e. The Morgan fingerprint density at radius 2 is 2.50 bits per heavy atom. The lowest BCUT2D eigenvalue weighted by atomic mass is 10.3. The van der Waals surface area contributed by atoms with E-state index in [-0.39, 0.29) is 5.56 Å². The average molecular weight is 167 g/mol. The number of aromatic nitrogens is 2. The summed E-state index contributed by atoms with van der Waals surface area (Å²) in [5.41, 5.74) is 0.0195. The maximum Gasteiger partial charge on any atom is 0.229 e. The number of hydrogen-bond donors (Lipinski definition) is 0. The normalized spacial score (nSPS) is 9.75. The summed E-state index contributed by atoms with van der Waals surface area (Å²) in [6, 6.07) is 1.73. The molecule has 1 aromatic heterocycles. The molecular weight excluding hydrogens is 157 g/mol. The van der Waals surface area contributed by atoms with Crippen LogP contribution in [-0.4, -0.2) is 9.78 Å². The van der Waals surface area contributed by atoms with Gasteiger partial charge < -0.3 is 0 Å². The summed E-state index contributed by atoms with van der Waals surface area (Å²) in [6.07, 6.45) is 3.12. The van der Waals surface area contributed by atoms with Crippen LogP contribution in [0, 0.1) is 17.3 Å². The Kier molecular flexibility index (Phi) is 2.81. The van der Waals surface area contributed by atoms with E-state index < -0.39 is 5.95 Å². The summed E-state index contributed by atoms with van der Waals surface area (Å²) in [7, 11) is 0. The maximum absolute atomic E-state index is 13.0. The summed E-state index contributed by atoms with van der Waals surface area (Å²) in [6.45, 7) is 2.57. The van der Waals surface area contributed by atoms with Gasteiger partial charge in [0.25, 0.3) is 0 Å². The third-order valence-corrected chi connectivity index (χ3v) is 1.62. The monoisotopic (exact) mass is 167 g/mol. The van der Waals surface area contributed by atoms with E-state index in [4.69, 9.17) is 5.26 Å². The Morgan fingerprint density at radius 1 is 1.75 bits per heavy atom. The molecule has 1 rings (SSSR count). The molecule has 0 radical (unpaired) electrons. The second-order valence-electron chi connectivity index (χ2n) is 2.54. The van der Waals surface area contributed by atoms with Gasteiger partial charge in [0.2, 0.25) is 5.95 Å². The number of nitrogens with zero attached hydrogens (tertiary/aromatic N) is 3. The fraction of sp³-hybridized carbons (Fsp3) is 0.500. The van der Waals surface area contributed by atoms with Crippen molar-refractivity contribution in [2.45, 2.75) is 26.3 Å². The minimum Gasteiger partial charge on any atom is -0.238 e. The standard InChI is InChI=1S/C8H10FN3/c1-2-3-4-12-8(9)7(5-10)6-11-12/h6H,2-4H2,1H3. The molecule has 0 aromatic carbocycles. The van der Waals surface area contributed by atoms with Crippen molar-refractivity contribution in [3.8, 4) is 6.07 Å². The van der Waals surface area contributed by atoms with Crippen LogP contribution < -0.4 is 0 Å². The topological polar surface area (TPSA) is 41.6 Å². The molecule has 1 heterocycles. The summed E-state index contributed by atoms with van der Waals surface area (Å²) in [5, 5.41) is 12.2. The van der Waals surface area contributed by atoms with Crippen molar-refractivity contribution in [1.82, 2.24) is 9.78 Å². The molecule has 0 saturated heterocycles. The second kappa shape index (κ2) is 3.86. The highest BCUT2D eigenvalue weighted by molar-refractivity contribution is 5.23. The molecule has 0 unspecified atom stereocenters. The molecule has 0 aliphatic heterocycles. The van der Waals surface area contributed by atoms with Gasteiger partial charge in [0.15, 0.2) is 0 Å². The van der Waals surface area contributed by atoms with Crippen LogP contribution in [0.4, 0.5) is 4.39 Å². The van der Waals surface area contributed by atoms with Crippen molar-refractivity contribution in [2.24, 2.45) is 0 Å². The van der Waals surface area contributed by atoms with Crippen molar-refractivity contribution >= 4 is 0 Å². The summed E-state index contributed by atoms with van der Waals surface area (Å²) in [4.78, 5) is 0. The maximum atomic E-state index is 13.0. The number of aryl methyl sites for hydroxylation is 1. The highest BCUT2D eigenvalue weighted by Gasteiger charge is 2.07. The molecule has 0 aliphatic carbocycles. The number of halogens is 1. The lowest BCUT2D eigenvalue weighted by Crippen LogP contribution is -2.02. The fourth-order valence-electron chi connectivity index (χ4n) is 0.909. The Morgan fingerprint density at radius 3 is 3.00 bits per heavy atom. The van der Waals surface area contributed by atoms with E-state index in [1.54, 1.807) is 6.07 Å². The van der Waals surface area contributed by atoms with Crippen LogP contribution in [0.1, 0.15) is 25.3 Å². The smallest absolute Gasteiger partial charge is 0.229 e. The molecule has 1 aromatic rings. The van der Waals surface area contributed by atoms with Crippen molar-refractivity contribution in [1.29, 1.82) is 5.26 Å². The van der Waals surface area contributed by atoms with Gasteiger partial charge in [-0.1, -0.05) is 13.3 Å². The van der Waals surface area contributed by atoms with E-state index in [0.29, 0.717) is 6.54 Å². The molecule has 0 bridgehead atoms. The average Bonchev–Trinajstić information content (AvgIpc) is 2.43. The quantitative estimate of drug-likeness (QED) is 0.687. The number of hydrogen-bond acceptors (Lipinski definition) is 2. The zero-order chi connectivity index (χ0) is 8.97. The zero-order valence-corrected chi connectivity index (χ0v) is 6.92. The Bertz CT molecular complexity index is 298. The van der Waals surface area contributed by atoms with Gasteiger partial charge in [-0.3, -0.25) is 0 Å². The Labute approximate surface area is 70.4 Å². The number of unbranched alkanes of at least 4 members (excludes halogenated alkanes) is 1. The van der Waals surface area contributed by atoms with Gasteiger partial charge in [-0.25, -0.2) is 4.68 Å². The Hall–Kier alpha value is -1.37. The highest BCUT2D eigenvalue weighted by atomic mass is 19.1. The van der Waals surface area contributed by atoms with Crippen molar-refractivity contribution in [2.75, 3.05) is 0 Å². The molecule has 0 aliphatic rings. The van der Waals surface area contributed by atoms with E-state index in [1.807, 2.05) is 6.92 Å². The molecule has 0 saturated carbocycles. The van der Waals surface area contributed by atoms with E-state index in [9.17, 15) is 4.39 Å². The van der Waals surface area contributed by atoms with Crippen molar-refractivity contribution in [3.63, 3.8) is 0 Å². The molecule has 0 atom stereocenters. The summed E-state index contributed by atoms with van der Waals surface area (Å²) < 4.78 is 14.3. The van der Waals surface area contributed by atoms with Gasteiger partial charge in [-0.05, 0) is 6.42 Å². The lowest BCUT2D eigenvalue weighted by Gasteiger charge is -1.98. The highest BCUT2D eigenvalue weighted by Crippen LogP contribution is 2.05. The van der Waals surface area contributed by atoms with Gasteiger partial charge in [0.1, 0.15) is 11.6 Å². The van der Waals surface area contributed by atoms with Crippen LogP contribution in [-0.2, 0) is 6.54 Å². The summed E-state index contributed by atoms with van der Waals surface area (Å²) >= 11 is 0. The molecule has 3 nitrogen and oxygen atoms in total. The predicted octanol–water partition coefficient (Wildman–Crippen LogP) is 1.69. The lowest BCUT2D eigenvalue weighted by molar-refractivity contribution is 0.443. The molecule has 0 fully saturated rings. The first-order chi connectivity index (χ1) is 5.79. The van der Waals surface area contributed by atoms with Gasteiger partial charge in [0, 0.05) is 6.54 Å². The fourth-order valence-corrected chi connectivity index (χ4v) is 0.909. The van der Waals surface area contributed by atoms with Gasteiger partial charge in [-0.15, -0.1) is 0 Å². The molecule has 4 heteroatoms. The van der Waals surface area contributed by atoms with Crippen LogP contribution in [0.25, 0.3) is 0 Å². The molecule has 64 valence electrons. The van der Waals surface area contributed by atoms with E-state index in [1.165, 1.54) is 10.9 Å². The predicted molar refractivity (Wildman–Crippen MR) is 41.8 cm³/mol. The first-order valence-electron chi connectivity index (χ1n) is 3.91. The van der Waals surface area contributed by atoms with E-state index in [0.717, 1.165) is 12.8 Å². The molecular formula is C8H10FN3. The van der Waals surface area contributed by atoms with Crippen LogP contribution in [0.5, 0.6) is 0 Å². The molecule has 0 spiro atoms. The first kappa shape index (κ1) is 8.72. The zero-order valence-electron chi connectivity index (χ0n) is 6.92. The van der Waals surface area contributed by atoms with Crippen LogP contribution in [0.2, 0.25) is 0 Å². The third-order valence-electron chi connectivity index (χ3n) is 1.62. The van der Waals surface area contributed by atoms with Crippen molar-refractivity contribution < 1.29 is 4.39 Å². The van der Waals surface area contributed by atoms with E-state index >= 15 is 0 Å². The van der Waals surface area contributed by atoms with Gasteiger partial charge in [0.05, 0.1) is 6.20 Å². The van der Waals surface area contributed by atoms with Gasteiger partial charge in [-0.2, -0.15) is 14.8 Å². The van der Waals surface area contributed by atoms with Gasteiger partial charge >= 0.3 is 0 Å². The number of rotatable bonds is 3. The minimum atomic E-state index is -0.522. The third kappa shape index (κ3) is 1.62. The second-order valence-corrected chi connectivity index (χ2v) is 2.54. The van der Waals surface area contributed by atoms with Crippen LogP contribution in [0.15, 0.2) is 6.20 Å². The minimum absolute atomic E-state index is 0.0195.